The van der Waals surface area contributed by atoms with Crippen LogP contribution in [0.15, 0.2) is 6.07 Å². The molecule has 2 rings (SSSR count). The van der Waals surface area contributed by atoms with Gasteiger partial charge in [0.25, 0.3) is 0 Å². The molecule has 92 valence electrons. The van der Waals surface area contributed by atoms with Crippen molar-refractivity contribution in [1.29, 1.82) is 0 Å². The van der Waals surface area contributed by atoms with Crippen molar-refractivity contribution in [3.05, 3.63) is 11.9 Å². The third kappa shape index (κ3) is 2.83. The van der Waals surface area contributed by atoms with Crippen molar-refractivity contribution in [1.82, 2.24) is 15.3 Å². The number of hydrogen-bond acceptors (Lipinski definition) is 5. The highest BCUT2D eigenvalue weighted by molar-refractivity contribution is 5.80. The number of hydrogen-bond donors (Lipinski definition) is 2. The summed E-state index contributed by atoms with van der Waals surface area (Å²) in [5.41, 5.74) is 5.75. The van der Waals surface area contributed by atoms with Gasteiger partial charge in [-0.3, -0.25) is 4.79 Å². The molecule has 0 atom stereocenters. The minimum atomic E-state index is -0.0577. The molecule has 0 radical (unpaired) electrons. The van der Waals surface area contributed by atoms with E-state index in [4.69, 9.17) is 5.73 Å². The molecule has 1 saturated carbocycles. The Kier molecular flexibility index (Phi) is 3.12. The summed E-state index contributed by atoms with van der Waals surface area (Å²) in [4.78, 5) is 21.7. The standard InChI is InChI=1S/C11H17N5O/c1-13-10(17)6-16(2)9-5-8(12)14-11(15-9)7-3-4-7/h5,7H,3-4,6H2,1-2H3,(H,13,17)(H2,12,14,15). The summed E-state index contributed by atoms with van der Waals surface area (Å²) in [7, 11) is 3.42. The summed E-state index contributed by atoms with van der Waals surface area (Å²) >= 11 is 0. The van der Waals surface area contributed by atoms with Crippen molar-refractivity contribution in [2.75, 3.05) is 31.3 Å². The Morgan fingerprint density at radius 2 is 2.29 bits per heavy atom. The first kappa shape index (κ1) is 11.6. The third-order valence-electron chi connectivity index (χ3n) is 2.74. The molecule has 6 heteroatoms. The van der Waals surface area contributed by atoms with Crippen LogP contribution in [0, 0.1) is 0 Å². The Bertz CT molecular complexity index is 430. The molecule has 17 heavy (non-hydrogen) atoms. The highest BCUT2D eigenvalue weighted by atomic mass is 16.1. The molecule has 1 heterocycles. The molecule has 0 aromatic carbocycles. The molecule has 3 N–H and O–H groups in total. The number of likely N-dealkylation sites (N-methyl/N-ethyl adjacent to an activating group) is 2. The van der Waals surface area contributed by atoms with Crippen LogP contribution in [0.25, 0.3) is 0 Å². The van der Waals surface area contributed by atoms with Gasteiger partial charge in [0.05, 0.1) is 6.54 Å². The zero-order valence-corrected chi connectivity index (χ0v) is 10.1. The highest BCUT2D eigenvalue weighted by Crippen LogP contribution is 2.38. The van der Waals surface area contributed by atoms with E-state index in [1.165, 1.54) is 0 Å². The SMILES string of the molecule is CNC(=O)CN(C)c1cc(N)nc(C2CC2)n1. The molecule has 1 fully saturated rings. The molecule has 0 spiro atoms. The van der Waals surface area contributed by atoms with Crippen molar-refractivity contribution in [2.24, 2.45) is 0 Å². The zero-order chi connectivity index (χ0) is 12.4. The largest absolute Gasteiger partial charge is 0.384 e. The number of carbonyl (C=O) groups is 1. The summed E-state index contributed by atoms with van der Waals surface area (Å²) in [5.74, 6) is 2.34. The maximum atomic E-state index is 11.3. The number of anilines is 2. The van der Waals surface area contributed by atoms with Crippen LogP contribution < -0.4 is 16.0 Å². The summed E-state index contributed by atoms with van der Waals surface area (Å²) in [6.45, 7) is 0.261. The van der Waals surface area contributed by atoms with Crippen LogP contribution in [0.3, 0.4) is 0 Å². The third-order valence-corrected chi connectivity index (χ3v) is 2.74. The Labute approximate surface area is 100 Å². The fourth-order valence-electron chi connectivity index (χ4n) is 1.57. The lowest BCUT2D eigenvalue weighted by Gasteiger charge is -2.17. The summed E-state index contributed by atoms with van der Waals surface area (Å²) in [5, 5.41) is 2.57. The van der Waals surface area contributed by atoms with Gasteiger partial charge < -0.3 is 16.0 Å². The van der Waals surface area contributed by atoms with Gasteiger partial charge in [-0.1, -0.05) is 0 Å². The number of carbonyl (C=O) groups excluding carboxylic acids is 1. The van der Waals surface area contributed by atoms with E-state index in [-0.39, 0.29) is 12.5 Å². The molecule has 6 nitrogen and oxygen atoms in total. The summed E-state index contributed by atoms with van der Waals surface area (Å²) in [6, 6.07) is 1.69. The second-order valence-electron chi connectivity index (χ2n) is 4.31. The van der Waals surface area contributed by atoms with Crippen molar-refractivity contribution in [2.45, 2.75) is 18.8 Å². The van der Waals surface area contributed by atoms with Gasteiger partial charge in [0, 0.05) is 26.1 Å². The molecule has 1 aliphatic carbocycles. The molecule has 1 aliphatic rings. The van der Waals surface area contributed by atoms with Crippen LogP contribution in [-0.2, 0) is 4.79 Å². The number of nitrogens with two attached hydrogens (primary N) is 1. The van der Waals surface area contributed by atoms with Crippen molar-refractivity contribution in [3.8, 4) is 0 Å². The van der Waals surface area contributed by atoms with Crippen LogP contribution in [0.2, 0.25) is 0 Å². The molecule has 0 aliphatic heterocycles. The Morgan fingerprint density at radius 1 is 1.59 bits per heavy atom. The Hall–Kier alpha value is -1.85. The predicted octanol–water partition coefficient (Wildman–Crippen LogP) is 0.118. The van der Waals surface area contributed by atoms with Gasteiger partial charge in [0.15, 0.2) is 0 Å². The monoisotopic (exact) mass is 235 g/mol. The van der Waals surface area contributed by atoms with Crippen LogP contribution in [0.5, 0.6) is 0 Å². The van der Waals surface area contributed by atoms with Gasteiger partial charge >= 0.3 is 0 Å². The lowest BCUT2D eigenvalue weighted by atomic mass is 10.3. The zero-order valence-electron chi connectivity index (χ0n) is 10.1. The first-order valence-electron chi connectivity index (χ1n) is 5.66. The van der Waals surface area contributed by atoms with Crippen LogP contribution in [0.4, 0.5) is 11.6 Å². The van der Waals surface area contributed by atoms with Crippen LogP contribution in [0.1, 0.15) is 24.6 Å². The van der Waals surface area contributed by atoms with E-state index in [0.717, 1.165) is 18.7 Å². The topological polar surface area (TPSA) is 84.1 Å². The first-order valence-corrected chi connectivity index (χ1v) is 5.66. The van der Waals surface area contributed by atoms with E-state index in [2.05, 4.69) is 15.3 Å². The Morgan fingerprint density at radius 3 is 2.88 bits per heavy atom. The molecule has 1 aromatic rings. The quantitative estimate of drug-likeness (QED) is 0.774. The molecular formula is C11H17N5O. The number of rotatable bonds is 4. The molecule has 0 bridgehead atoms. The fourth-order valence-corrected chi connectivity index (χ4v) is 1.57. The van der Waals surface area contributed by atoms with Crippen molar-refractivity contribution < 1.29 is 4.79 Å². The summed E-state index contributed by atoms with van der Waals surface area (Å²) < 4.78 is 0. The highest BCUT2D eigenvalue weighted by Gasteiger charge is 2.27. The maximum Gasteiger partial charge on any atom is 0.239 e. The number of nitrogens with one attached hydrogen (secondary N) is 1. The van der Waals surface area contributed by atoms with E-state index >= 15 is 0 Å². The maximum absolute atomic E-state index is 11.3. The fraction of sp³-hybridized carbons (Fsp3) is 0.545. The normalized spacial score (nSPS) is 14.5. The van der Waals surface area contributed by atoms with E-state index in [1.807, 2.05) is 7.05 Å². The number of nitrogen functional groups attached to an aromatic ring is 1. The van der Waals surface area contributed by atoms with Gasteiger partial charge in [0.1, 0.15) is 17.5 Å². The van der Waals surface area contributed by atoms with Crippen LogP contribution in [-0.4, -0.2) is 36.5 Å². The van der Waals surface area contributed by atoms with Gasteiger partial charge in [-0.25, -0.2) is 9.97 Å². The second kappa shape index (κ2) is 4.57. The van der Waals surface area contributed by atoms with Gasteiger partial charge in [0.2, 0.25) is 5.91 Å². The van der Waals surface area contributed by atoms with Gasteiger partial charge in [-0.05, 0) is 12.8 Å². The average molecular weight is 235 g/mol. The van der Waals surface area contributed by atoms with E-state index in [1.54, 1.807) is 18.0 Å². The predicted molar refractivity (Wildman–Crippen MR) is 65.8 cm³/mol. The number of amides is 1. The Balaban J connectivity index is 2.16. The molecule has 1 amide bonds. The molecule has 0 saturated heterocycles. The minimum Gasteiger partial charge on any atom is -0.384 e. The molecule has 0 unspecified atom stereocenters. The molecular weight excluding hydrogens is 218 g/mol. The lowest BCUT2D eigenvalue weighted by Crippen LogP contribution is -2.33. The number of nitrogens with zero attached hydrogens (tertiary/aromatic N) is 3. The lowest BCUT2D eigenvalue weighted by molar-refractivity contribution is -0.119. The second-order valence-corrected chi connectivity index (χ2v) is 4.31. The van der Waals surface area contributed by atoms with E-state index in [0.29, 0.717) is 17.6 Å². The summed E-state index contributed by atoms with van der Waals surface area (Å²) in [6.07, 6.45) is 2.25. The smallest absolute Gasteiger partial charge is 0.239 e. The number of aromatic nitrogens is 2. The van der Waals surface area contributed by atoms with Gasteiger partial charge in [-0.15, -0.1) is 0 Å². The average Bonchev–Trinajstić information content (AvgIpc) is 3.11. The first-order chi connectivity index (χ1) is 8.10. The van der Waals surface area contributed by atoms with Crippen molar-refractivity contribution in [3.63, 3.8) is 0 Å². The minimum absolute atomic E-state index is 0.0577. The van der Waals surface area contributed by atoms with E-state index < -0.39 is 0 Å². The van der Waals surface area contributed by atoms with E-state index in [9.17, 15) is 4.79 Å². The van der Waals surface area contributed by atoms with Crippen molar-refractivity contribution >= 4 is 17.5 Å². The molecule has 1 aromatic heterocycles. The van der Waals surface area contributed by atoms with Crippen LogP contribution >= 0.6 is 0 Å². The van der Waals surface area contributed by atoms with Gasteiger partial charge in [-0.2, -0.15) is 0 Å².